The maximum absolute atomic E-state index is 13.3. The molecule has 0 bridgehead atoms. The molecule has 9 nitrogen and oxygen atoms in total. The van der Waals surface area contributed by atoms with Gasteiger partial charge in [-0.25, -0.2) is 0 Å². The summed E-state index contributed by atoms with van der Waals surface area (Å²) < 4.78 is 0. The van der Waals surface area contributed by atoms with Gasteiger partial charge in [0.05, 0.1) is 19.3 Å². The van der Waals surface area contributed by atoms with E-state index in [0.29, 0.717) is 30.6 Å². The molecular formula is C22H26N6O3. The number of pyridine rings is 1. The van der Waals surface area contributed by atoms with E-state index in [1.165, 1.54) is 17.1 Å². The Labute approximate surface area is 181 Å². The largest absolute Gasteiger partial charge is 0.581 e. The van der Waals surface area contributed by atoms with Crippen molar-refractivity contribution in [3.8, 4) is 0 Å². The number of quaternary nitrogens is 1. The van der Waals surface area contributed by atoms with Crippen LogP contribution in [0.15, 0.2) is 60.2 Å². The molecule has 31 heavy (non-hydrogen) atoms. The van der Waals surface area contributed by atoms with E-state index in [4.69, 9.17) is 0 Å². The van der Waals surface area contributed by atoms with E-state index < -0.39 is 4.86 Å². The van der Waals surface area contributed by atoms with Crippen molar-refractivity contribution in [1.29, 1.82) is 0 Å². The van der Waals surface area contributed by atoms with Crippen molar-refractivity contribution < 1.29 is 14.5 Å². The predicted octanol–water partition coefficient (Wildman–Crippen LogP) is 1.79. The number of carbonyl (C=O) groups excluding carboxylic acids is 2. The molecule has 4 rings (SSSR count). The SMILES string of the molecule is CN1C2=C(C(=O)c3ccccc3C2=O)N(CCCNCCNc2cccnc2)[N+]1(C)[O-]. The van der Waals surface area contributed by atoms with Crippen LogP contribution in [0.5, 0.6) is 0 Å². The molecule has 1 atom stereocenters. The number of likely N-dealkylation sites (N-methyl/N-ethyl adjacent to an activating group) is 1. The molecule has 0 saturated carbocycles. The minimum Gasteiger partial charge on any atom is -0.581 e. The predicted molar refractivity (Wildman–Crippen MR) is 116 cm³/mol. The van der Waals surface area contributed by atoms with Gasteiger partial charge in [0, 0.05) is 36.6 Å². The second kappa shape index (κ2) is 8.46. The third kappa shape index (κ3) is 3.78. The highest BCUT2D eigenvalue weighted by Crippen LogP contribution is 2.39. The summed E-state index contributed by atoms with van der Waals surface area (Å²) in [5.41, 5.74) is 2.04. The van der Waals surface area contributed by atoms with Crippen LogP contribution in [0.3, 0.4) is 0 Å². The fourth-order valence-electron chi connectivity index (χ4n) is 3.96. The van der Waals surface area contributed by atoms with Gasteiger partial charge in [0.25, 0.3) is 0 Å². The average Bonchev–Trinajstić information content (AvgIpc) is 2.98. The Kier molecular flexibility index (Phi) is 5.73. The fourth-order valence-corrected chi connectivity index (χ4v) is 3.96. The Morgan fingerprint density at radius 3 is 2.39 bits per heavy atom. The van der Waals surface area contributed by atoms with Crippen LogP contribution >= 0.6 is 0 Å². The van der Waals surface area contributed by atoms with Gasteiger partial charge in [0.1, 0.15) is 7.05 Å². The molecule has 1 aliphatic carbocycles. The van der Waals surface area contributed by atoms with Gasteiger partial charge in [-0.3, -0.25) is 14.6 Å². The highest BCUT2D eigenvalue weighted by Gasteiger charge is 2.50. The summed E-state index contributed by atoms with van der Waals surface area (Å²) >= 11 is 0. The van der Waals surface area contributed by atoms with Gasteiger partial charge in [0.2, 0.25) is 11.6 Å². The smallest absolute Gasteiger partial charge is 0.217 e. The summed E-state index contributed by atoms with van der Waals surface area (Å²) in [5, 5.41) is 22.7. The number of ketones is 2. The first-order valence-corrected chi connectivity index (χ1v) is 10.3. The van der Waals surface area contributed by atoms with Gasteiger partial charge in [-0.2, -0.15) is 14.9 Å². The van der Waals surface area contributed by atoms with Crippen molar-refractivity contribution >= 4 is 17.3 Å². The number of nitrogens with one attached hydrogen (secondary N) is 2. The number of fused-ring (bicyclic) bond motifs is 1. The summed E-state index contributed by atoms with van der Waals surface area (Å²) in [5.74, 6) is -0.557. The third-order valence-corrected chi connectivity index (χ3v) is 5.67. The zero-order valence-corrected chi connectivity index (χ0v) is 17.7. The van der Waals surface area contributed by atoms with Gasteiger partial charge >= 0.3 is 0 Å². The molecule has 9 heteroatoms. The molecule has 0 saturated heterocycles. The monoisotopic (exact) mass is 422 g/mol. The topological polar surface area (TPSA) is 101 Å². The lowest BCUT2D eigenvalue weighted by atomic mass is 9.90. The van der Waals surface area contributed by atoms with Gasteiger partial charge in [-0.15, -0.1) is 0 Å². The molecule has 2 heterocycles. The van der Waals surface area contributed by atoms with Crippen LogP contribution in [-0.4, -0.2) is 71.7 Å². The maximum atomic E-state index is 13.3. The van der Waals surface area contributed by atoms with Gasteiger partial charge in [-0.05, 0) is 25.1 Å². The van der Waals surface area contributed by atoms with Gasteiger partial charge < -0.3 is 15.8 Å². The average molecular weight is 422 g/mol. The van der Waals surface area contributed by atoms with Crippen LogP contribution in [0, 0.1) is 5.21 Å². The minimum absolute atomic E-state index is 0.176. The molecule has 2 N–H and O–H groups in total. The van der Waals surface area contributed by atoms with E-state index in [2.05, 4.69) is 15.6 Å². The van der Waals surface area contributed by atoms with Crippen LogP contribution in [0.4, 0.5) is 5.69 Å². The van der Waals surface area contributed by atoms with Gasteiger partial charge in [-0.1, -0.05) is 24.3 Å². The summed E-state index contributed by atoms with van der Waals surface area (Å²) in [7, 11) is 3.00. The lowest BCUT2D eigenvalue weighted by Gasteiger charge is -2.45. The van der Waals surface area contributed by atoms with Crippen molar-refractivity contribution in [2.45, 2.75) is 6.42 Å². The Morgan fingerprint density at radius 2 is 1.71 bits per heavy atom. The number of hydrogen-bond acceptors (Lipinski definition) is 8. The first-order chi connectivity index (χ1) is 14.9. The van der Waals surface area contributed by atoms with Crippen LogP contribution < -0.4 is 10.6 Å². The summed E-state index contributed by atoms with van der Waals surface area (Å²) in [6.45, 7) is 2.52. The van der Waals surface area contributed by atoms with E-state index in [1.54, 1.807) is 43.7 Å². The van der Waals surface area contributed by atoms with E-state index >= 15 is 0 Å². The number of hydroxylamine groups is 1. The maximum Gasteiger partial charge on any atom is 0.217 e. The lowest BCUT2D eigenvalue weighted by Crippen LogP contribution is -2.56. The fraction of sp³-hybridized carbons (Fsp3) is 0.318. The molecule has 2 aromatic rings. The number of anilines is 1. The highest BCUT2D eigenvalue weighted by molar-refractivity contribution is 6.26. The van der Waals surface area contributed by atoms with Crippen LogP contribution in [0.2, 0.25) is 0 Å². The van der Waals surface area contributed by atoms with Crippen molar-refractivity contribution in [2.75, 3.05) is 45.6 Å². The highest BCUT2D eigenvalue weighted by atomic mass is 16.7. The molecule has 1 aliphatic heterocycles. The standard InChI is InChI=1S/C22H26N6O3/c1-26-19-20(22(30)18-9-4-3-8-17(18)21(19)29)27(28(26,2)31)14-6-11-23-12-13-25-16-7-5-10-24-15-16/h3-5,7-10,15,23,25H,6,11-14H2,1-2H3. The second-order valence-electron chi connectivity index (χ2n) is 7.66. The van der Waals surface area contributed by atoms with E-state index in [1.807, 2.05) is 12.1 Å². The molecule has 0 amide bonds. The van der Waals surface area contributed by atoms with Crippen molar-refractivity contribution in [2.24, 2.45) is 0 Å². The minimum atomic E-state index is -0.932. The number of Topliss-reactive ketones (excluding diaryl/α,β-unsaturated/α-hetero) is 2. The van der Waals surface area contributed by atoms with E-state index in [0.717, 1.165) is 18.8 Å². The number of benzene rings is 1. The zero-order chi connectivity index (χ0) is 22.0. The van der Waals surface area contributed by atoms with Crippen LogP contribution in [-0.2, 0) is 0 Å². The second-order valence-corrected chi connectivity index (χ2v) is 7.66. The van der Waals surface area contributed by atoms with Crippen molar-refractivity contribution in [1.82, 2.24) is 20.3 Å². The van der Waals surface area contributed by atoms with E-state index in [9.17, 15) is 14.8 Å². The Hall–Kier alpha value is -3.27. The number of hydrogen-bond donors (Lipinski definition) is 2. The van der Waals surface area contributed by atoms with E-state index in [-0.39, 0.29) is 23.0 Å². The van der Waals surface area contributed by atoms with Crippen molar-refractivity contribution in [3.05, 3.63) is 76.5 Å². The first kappa shape index (κ1) is 21.0. The number of nitrogens with zero attached hydrogens (tertiary/aromatic N) is 4. The quantitative estimate of drug-likeness (QED) is 0.377. The summed E-state index contributed by atoms with van der Waals surface area (Å²) in [4.78, 5) is 29.3. The van der Waals surface area contributed by atoms with Crippen LogP contribution in [0.1, 0.15) is 27.1 Å². The normalized spacial score (nSPS) is 20.2. The number of rotatable bonds is 8. The Bertz CT molecular complexity index is 1020. The molecule has 0 fully saturated rings. The molecule has 162 valence electrons. The third-order valence-electron chi connectivity index (χ3n) is 5.67. The Morgan fingerprint density at radius 1 is 1.00 bits per heavy atom. The molecule has 1 aromatic heterocycles. The summed E-state index contributed by atoms with van der Waals surface area (Å²) in [6.07, 6.45) is 4.14. The Balaban J connectivity index is 1.37. The molecular weight excluding hydrogens is 396 g/mol. The number of aromatic nitrogens is 1. The number of allylic oxidation sites excluding steroid dienone is 2. The molecule has 2 aliphatic rings. The number of carbonyl (C=O) groups is 2. The molecule has 0 radical (unpaired) electrons. The molecule has 0 spiro atoms. The molecule has 1 unspecified atom stereocenters. The zero-order valence-electron chi connectivity index (χ0n) is 17.7. The van der Waals surface area contributed by atoms with Crippen molar-refractivity contribution in [3.63, 3.8) is 0 Å². The lowest BCUT2D eigenvalue weighted by molar-refractivity contribution is -1.05. The first-order valence-electron chi connectivity index (χ1n) is 10.3. The molecule has 1 aromatic carbocycles. The van der Waals surface area contributed by atoms with Gasteiger partial charge in [0.15, 0.2) is 11.4 Å². The summed E-state index contributed by atoms with van der Waals surface area (Å²) in [6, 6.07) is 10.6. The van der Waals surface area contributed by atoms with Crippen LogP contribution in [0.25, 0.3) is 0 Å².